The van der Waals surface area contributed by atoms with Crippen molar-refractivity contribution in [3.63, 3.8) is 0 Å². The molecule has 0 aromatic carbocycles. The fraction of sp³-hybridized carbons (Fsp3) is 0.545. The van der Waals surface area contributed by atoms with E-state index < -0.39 is 0 Å². The van der Waals surface area contributed by atoms with Crippen LogP contribution in [0.5, 0.6) is 0 Å². The van der Waals surface area contributed by atoms with Crippen LogP contribution in [0.25, 0.3) is 0 Å². The van der Waals surface area contributed by atoms with Gasteiger partial charge in [-0.2, -0.15) is 0 Å². The first-order valence-electron chi connectivity index (χ1n) is 5.24. The van der Waals surface area contributed by atoms with Gasteiger partial charge in [-0.25, -0.2) is 0 Å². The first kappa shape index (κ1) is 9.62. The predicted molar refractivity (Wildman–Crippen MR) is 56.7 cm³/mol. The van der Waals surface area contributed by atoms with Crippen molar-refractivity contribution >= 4 is 0 Å². The van der Waals surface area contributed by atoms with E-state index in [0.717, 1.165) is 18.8 Å². The van der Waals surface area contributed by atoms with Crippen LogP contribution in [0.3, 0.4) is 0 Å². The van der Waals surface area contributed by atoms with Crippen molar-refractivity contribution in [2.75, 3.05) is 13.1 Å². The Morgan fingerprint density at radius 1 is 1.50 bits per heavy atom. The molecule has 2 rings (SSSR count). The summed E-state index contributed by atoms with van der Waals surface area (Å²) in [5.74, 6) is 0. The van der Waals surface area contributed by atoms with E-state index >= 15 is 0 Å². The van der Waals surface area contributed by atoms with E-state index in [4.69, 9.17) is 5.73 Å². The molecule has 1 saturated heterocycles. The maximum Gasteiger partial charge on any atom is 0.0544 e. The Labute approximate surface area is 84.9 Å². The number of rotatable bonds is 3. The molecule has 0 aliphatic carbocycles. The van der Waals surface area contributed by atoms with Crippen LogP contribution in [0.15, 0.2) is 24.4 Å². The number of nitrogens with two attached hydrogens (primary N) is 1. The monoisotopic (exact) mass is 191 g/mol. The molecular formula is C11H17N3. The number of hydrogen-bond acceptors (Lipinski definition) is 3. The highest BCUT2D eigenvalue weighted by Gasteiger charge is 2.22. The molecule has 0 amide bonds. The molecule has 3 nitrogen and oxygen atoms in total. The van der Waals surface area contributed by atoms with Gasteiger partial charge in [-0.1, -0.05) is 6.07 Å². The zero-order valence-electron chi connectivity index (χ0n) is 8.39. The van der Waals surface area contributed by atoms with Crippen LogP contribution in [0.4, 0.5) is 0 Å². The van der Waals surface area contributed by atoms with Crippen molar-refractivity contribution in [2.45, 2.75) is 25.4 Å². The Balaban J connectivity index is 1.97. The van der Waals surface area contributed by atoms with E-state index in [1.807, 2.05) is 18.3 Å². The highest BCUT2D eigenvalue weighted by Crippen LogP contribution is 2.17. The van der Waals surface area contributed by atoms with Gasteiger partial charge in [0.15, 0.2) is 0 Å². The number of hydrogen-bond donors (Lipinski definition) is 1. The molecule has 1 atom stereocenters. The standard InChI is InChI=1S/C11H17N3/c12-8-11-5-3-7-14(11)9-10-4-1-2-6-13-10/h1-2,4,6,11H,3,5,7-9,12H2. The summed E-state index contributed by atoms with van der Waals surface area (Å²) in [6, 6.07) is 6.63. The molecule has 3 heteroatoms. The van der Waals surface area contributed by atoms with Gasteiger partial charge in [-0.05, 0) is 31.5 Å². The average molecular weight is 191 g/mol. The third kappa shape index (κ3) is 2.11. The molecule has 1 fully saturated rings. The Kier molecular flexibility index (Phi) is 3.11. The minimum atomic E-state index is 0.567. The van der Waals surface area contributed by atoms with Gasteiger partial charge in [-0.15, -0.1) is 0 Å². The zero-order valence-corrected chi connectivity index (χ0v) is 8.39. The quantitative estimate of drug-likeness (QED) is 0.775. The summed E-state index contributed by atoms with van der Waals surface area (Å²) in [4.78, 5) is 6.76. The number of nitrogens with zero attached hydrogens (tertiary/aromatic N) is 2. The molecule has 2 N–H and O–H groups in total. The molecule has 2 heterocycles. The van der Waals surface area contributed by atoms with Crippen molar-refractivity contribution in [3.8, 4) is 0 Å². The average Bonchev–Trinajstić information content (AvgIpc) is 2.67. The molecule has 0 spiro atoms. The minimum Gasteiger partial charge on any atom is -0.329 e. The van der Waals surface area contributed by atoms with Crippen LogP contribution in [-0.2, 0) is 6.54 Å². The molecule has 0 saturated carbocycles. The van der Waals surface area contributed by atoms with E-state index in [1.165, 1.54) is 19.4 Å². The molecule has 76 valence electrons. The SMILES string of the molecule is NCC1CCCN1Cc1ccccn1. The Hall–Kier alpha value is -0.930. The van der Waals surface area contributed by atoms with Crippen LogP contribution in [0.2, 0.25) is 0 Å². The van der Waals surface area contributed by atoms with Gasteiger partial charge >= 0.3 is 0 Å². The van der Waals surface area contributed by atoms with Crippen LogP contribution < -0.4 is 5.73 Å². The van der Waals surface area contributed by atoms with Crippen molar-refractivity contribution in [2.24, 2.45) is 5.73 Å². The van der Waals surface area contributed by atoms with Gasteiger partial charge in [0.1, 0.15) is 0 Å². The maximum absolute atomic E-state index is 5.72. The second-order valence-corrected chi connectivity index (χ2v) is 3.82. The molecule has 1 aromatic rings. The van der Waals surface area contributed by atoms with Gasteiger partial charge in [0.25, 0.3) is 0 Å². The summed E-state index contributed by atoms with van der Waals surface area (Å²) in [6.45, 7) is 2.88. The first-order chi connectivity index (χ1) is 6.90. The lowest BCUT2D eigenvalue weighted by atomic mass is 10.2. The van der Waals surface area contributed by atoms with Gasteiger partial charge in [0.2, 0.25) is 0 Å². The number of likely N-dealkylation sites (tertiary alicyclic amines) is 1. The maximum atomic E-state index is 5.72. The molecular weight excluding hydrogens is 174 g/mol. The Bertz CT molecular complexity index is 273. The lowest BCUT2D eigenvalue weighted by Crippen LogP contribution is -2.35. The van der Waals surface area contributed by atoms with Crippen molar-refractivity contribution in [1.29, 1.82) is 0 Å². The van der Waals surface area contributed by atoms with Gasteiger partial charge < -0.3 is 5.73 Å². The molecule has 0 bridgehead atoms. The van der Waals surface area contributed by atoms with Crippen LogP contribution in [0.1, 0.15) is 18.5 Å². The minimum absolute atomic E-state index is 0.567. The lowest BCUT2D eigenvalue weighted by Gasteiger charge is -2.22. The lowest BCUT2D eigenvalue weighted by molar-refractivity contribution is 0.247. The Morgan fingerprint density at radius 2 is 2.43 bits per heavy atom. The summed E-state index contributed by atoms with van der Waals surface area (Å²) < 4.78 is 0. The van der Waals surface area contributed by atoms with E-state index in [-0.39, 0.29) is 0 Å². The highest BCUT2D eigenvalue weighted by atomic mass is 15.2. The molecule has 1 aliphatic heterocycles. The molecule has 1 unspecified atom stereocenters. The van der Waals surface area contributed by atoms with Gasteiger partial charge in [0, 0.05) is 25.3 Å². The summed E-state index contributed by atoms with van der Waals surface area (Å²) in [6.07, 6.45) is 4.36. The molecule has 14 heavy (non-hydrogen) atoms. The third-order valence-electron chi connectivity index (χ3n) is 2.86. The number of pyridine rings is 1. The topological polar surface area (TPSA) is 42.1 Å². The van der Waals surface area contributed by atoms with E-state index in [2.05, 4.69) is 16.0 Å². The first-order valence-corrected chi connectivity index (χ1v) is 5.24. The predicted octanol–water partition coefficient (Wildman–Crippen LogP) is 1.00. The fourth-order valence-electron chi connectivity index (χ4n) is 2.07. The van der Waals surface area contributed by atoms with Crippen molar-refractivity contribution in [3.05, 3.63) is 30.1 Å². The van der Waals surface area contributed by atoms with Crippen LogP contribution >= 0.6 is 0 Å². The fourth-order valence-corrected chi connectivity index (χ4v) is 2.07. The van der Waals surface area contributed by atoms with Crippen molar-refractivity contribution < 1.29 is 0 Å². The summed E-state index contributed by atoms with van der Waals surface area (Å²) in [5, 5.41) is 0. The van der Waals surface area contributed by atoms with Crippen molar-refractivity contribution in [1.82, 2.24) is 9.88 Å². The smallest absolute Gasteiger partial charge is 0.0544 e. The Morgan fingerprint density at radius 3 is 3.14 bits per heavy atom. The third-order valence-corrected chi connectivity index (χ3v) is 2.86. The molecule has 1 aromatic heterocycles. The normalized spacial score (nSPS) is 22.8. The second kappa shape index (κ2) is 4.53. The van der Waals surface area contributed by atoms with Gasteiger partial charge in [-0.3, -0.25) is 9.88 Å². The number of aromatic nitrogens is 1. The zero-order chi connectivity index (χ0) is 9.80. The van der Waals surface area contributed by atoms with Crippen LogP contribution in [0, 0.1) is 0 Å². The largest absolute Gasteiger partial charge is 0.329 e. The summed E-state index contributed by atoms with van der Waals surface area (Å²) in [5.41, 5.74) is 6.86. The molecule has 0 radical (unpaired) electrons. The summed E-state index contributed by atoms with van der Waals surface area (Å²) in [7, 11) is 0. The van der Waals surface area contributed by atoms with E-state index in [1.54, 1.807) is 0 Å². The van der Waals surface area contributed by atoms with E-state index in [0.29, 0.717) is 6.04 Å². The van der Waals surface area contributed by atoms with Gasteiger partial charge in [0.05, 0.1) is 5.69 Å². The van der Waals surface area contributed by atoms with Crippen LogP contribution in [-0.4, -0.2) is 29.0 Å². The highest BCUT2D eigenvalue weighted by molar-refractivity contribution is 5.04. The summed E-state index contributed by atoms with van der Waals surface area (Å²) >= 11 is 0. The molecule has 1 aliphatic rings. The van der Waals surface area contributed by atoms with E-state index in [9.17, 15) is 0 Å². The second-order valence-electron chi connectivity index (χ2n) is 3.82.